The molecule has 25 heavy (non-hydrogen) atoms. The Bertz CT molecular complexity index is 902. The lowest BCUT2D eigenvalue weighted by Crippen LogP contribution is -2.14. The van der Waals surface area contributed by atoms with Crippen molar-refractivity contribution >= 4 is 22.6 Å². The molecule has 1 N–H and O–H groups in total. The van der Waals surface area contributed by atoms with Gasteiger partial charge in [-0.2, -0.15) is 5.10 Å². The maximum atomic E-state index is 12.5. The summed E-state index contributed by atoms with van der Waals surface area (Å²) < 4.78 is 1.85. The van der Waals surface area contributed by atoms with E-state index in [9.17, 15) is 4.79 Å². The van der Waals surface area contributed by atoms with Gasteiger partial charge >= 0.3 is 0 Å². The van der Waals surface area contributed by atoms with Gasteiger partial charge in [-0.1, -0.05) is 32.9 Å². The van der Waals surface area contributed by atoms with Crippen LogP contribution in [0.25, 0.3) is 11.0 Å². The molecular formula is C20H24N4O. The Hall–Kier alpha value is -2.69. The highest BCUT2D eigenvalue weighted by atomic mass is 16.1. The van der Waals surface area contributed by atoms with Crippen LogP contribution in [0.1, 0.15) is 56.6 Å². The van der Waals surface area contributed by atoms with Crippen LogP contribution in [0.15, 0.2) is 42.7 Å². The second-order valence-corrected chi connectivity index (χ2v) is 7.60. The van der Waals surface area contributed by atoms with E-state index in [-0.39, 0.29) is 17.4 Å². The van der Waals surface area contributed by atoms with Crippen LogP contribution in [0.5, 0.6) is 0 Å². The molecule has 5 nitrogen and oxygen atoms in total. The summed E-state index contributed by atoms with van der Waals surface area (Å²) >= 11 is 0. The van der Waals surface area contributed by atoms with Gasteiger partial charge in [0.2, 0.25) is 0 Å². The molecule has 0 spiro atoms. The average Bonchev–Trinajstić information content (AvgIpc) is 2.97. The van der Waals surface area contributed by atoms with Crippen LogP contribution in [0.2, 0.25) is 0 Å². The van der Waals surface area contributed by atoms with Crippen LogP contribution in [-0.4, -0.2) is 20.7 Å². The minimum absolute atomic E-state index is 0.0913. The second kappa shape index (κ2) is 6.31. The Balaban J connectivity index is 1.80. The fourth-order valence-electron chi connectivity index (χ4n) is 2.70. The minimum Gasteiger partial charge on any atom is -0.322 e. The average molecular weight is 336 g/mol. The predicted octanol–water partition coefficient (Wildman–Crippen LogP) is 4.56. The summed E-state index contributed by atoms with van der Waals surface area (Å²) in [6.45, 7) is 10.6. The molecule has 0 fully saturated rings. The van der Waals surface area contributed by atoms with Crippen molar-refractivity contribution in [1.29, 1.82) is 0 Å². The highest BCUT2D eigenvalue weighted by Gasteiger charge is 2.14. The number of pyridine rings is 1. The summed E-state index contributed by atoms with van der Waals surface area (Å²) in [5.74, 6) is -0.171. The van der Waals surface area contributed by atoms with E-state index >= 15 is 0 Å². The standard InChI is InChI=1S/C20H24N4O/c1-13(2)24-18-14(12-22-24)10-15(11-21-18)19(25)23-17-8-6-16(7-9-17)20(3,4)5/h6-13H,1-5H3,(H,23,25). The Labute approximate surface area is 148 Å². The van der Waals surface area contributed by atoms with Gasteiger partial charge in [0.25, 0.3) is 5.91 Å². The van der Waals surface area contributed by atoms with Gasteiger partial charge < -0.3 is 5.32 Å². The summed E-state index contributed by atoms with van der Waals surface area (Å²) in [5, 5.41) is 8.12. The molecule has 1 amide bonds. The Morgan fingerprint density at radius 2 is 1.80 bits per heavy atom. The van der Waals surface area contributed by atoms with Crippen molar-refractivity contribution in [2.24, 2.45) is 0 Å². The zero-order valence-corrected chi connectivity index (χ0v) is 15.4. The first kappa shape index (κ1) is 17.1. The molecular weight excluding hydrogens is 312 g/mol. The van der Waals surface area contributed by atoms with Crippen molar-refractivity contribution in [3.63, 3.8) is 0 Å². The summed E-state index contributed by atoms with van der Waals surface area (Å²) in [4.78, 5) is 16.9. The summed E-state index contributed by atoms with van der Waals surface area (Å²) in [6.07, 6.45) is 3.35. The molecule has 0 aliphatic heterocycles. The van der Waals surface area contributed by atoms with Crippen LogP contribution >= 0.6 is 0 Å². The number of nitrogens with zero attached hydrogens (tertiary/aromatic N) is 3. The van der Waals surface area contributed by atoms with Crippen LogP contribution in [0.3, 0.4) is 0 Å². The van der Waals surface area contributed by atoms with Crippen molar-refractivity contribution in [2.45, 2.75) is 46.1 Å². The van der Waals surface area contributed by atoms with Crippen molar-refractivity contribution in [2.75, 3.05) is 5.32 Å². The van der Waals surface area contributed by atoms with Crippen LogP contribution in [-0.2, 0) is 5.41 Å². The first-order valence-electron chi connectivity index (χ1n) is 8.51. The molecule has 0 aliphatic rings. The van der Waals surface area contributed by atoms with Crippen molar-refractivity contribution in [3.05, 3.63) is 53.9 Å². The number of carbonyl (C=O) groups is 1. The summed E-state index contributed by atoms with van der Waals surface area (Å²) in [6, 6.07) is 10.0. The first-order valence-corrected chi connectivity index (χ1v) is 8.51. The Morgan fingerprint density at radius 1 is 1.12 bits per heavy atom. The van der Waals surface area contributed by atoms with Crippen molar-refractivity contribution < 1.29 is 4.79 Å². The molecule has 5 heteroatoms. The van der Waals surface area contributed by atoms with E-state index in [1.165, 1.54) is 5.56 Å². The third kappa shape index (κ3) is 3.55. The first-order chi connectivity index (χ1) is 11.8. The van der Waals surface area contributed by atoms with E-state index in [4.69, 9.17) is 0 Å². The Morgan fingerprint density at radius 3 is 2.40 bits per heavy atom. The number of fused-ring (bicyclic) bond motifs is 1. The topological polar surface area (TPSA) is 59.8 Å². The van der Waals surface area contributed by atoms with Gasteiger partial charge in [0.15, 0.2) is 5.65 Å². The monoisotopic (exact) mass is 336 g/mol. The maximum Gasteiger partial charge on any atom is 0.257 e. The normalized spacial score (nSPS) is 11.9. The van der Waals surface area contributed by atoms with Crippen molar-refractivity contribution in [3.8, 4) is 0 Å². The molecule has 2 aromatic heterocycles. The zero-order chi connectivity index (χ0) is 18.2. The van der Waals surface area contributed by atoms with Gasteiger partial charge in [-0.05, 0) is 43.0 Å². The number of benzene rings is 1. The molecule has 0 bridgehead atoms. The molecule has 0 unspecified atom stereocenters. The molecule has 0 saturated carbocycles. The second-order valence-electron chi connectivity index (χ2n) is 7.60. The molecule has 0 saturated heterocycles. The van der Waals surface area contributed by atoms with Gasteiger partial charge in [0, 0.05) is 23.3 Å². The number of nitrogens with one attached hydrogen (secondary N) is 1. The number of rotatable bonds is 3. The molecule has 3 aromatic rings. The smallest absolute Gasteiger partial charge is 0.257 e. The van der Waals surface area contributed by atoms with E-state index in [1.807, 2.05) is 35.0 Å². The van der Waals surface area contributed by atoms with E-state index in [0.717, 1.165) is 16.7 Å². The maximum absolute atomic E-state index is 12.5. The quantitative estimate of drug-likeness (QED) is 0.762. The SMILES string of the molecule is CC(C)n1ncc2cc(C(=O)Nc3ccc(C(C)(C)C)cc3)cnc21. The van der Waals surface area contributed by atoms with Gasteiger partial charge in [-0.25, -0.2) is 9.67 Å². The number of hydrogen-bond acceptors (Lipinski definition) is 3. The summed E-state index contributed by atoms with van der Waals surface area (Å²) in [5.41, 5.74) is 3.41. The van der Waals surface area contributed by atoms with E-state index in [2.05, 4.69) is 50.0 Å². The molecule has 0 radical (unpaired) electrons. The van der Waals surface area contributed by atoms with Gasteiger partial charge in [-0.3, -0.25) is 4.79 Å². The zero-order valence-electron chi connectivity index (χ0n) is 15.4. The number of carbonyl (C=O) groups excluding carboxylic acids is 1. The highest BCUT2D eigenvalue weighted by Crippen LogP contribution is 2.24. The number of aromatic nitrogens is 3. The number of hydrogen-bond donors (Lipinski definition) is 1. The highest BCUT2D eigenvalue weighted by molar-refractivity contribution is 6.05. The third-order valence-corrected chi connectivity index (χ3v) is 4.19. The van der Waals surface area contributed by atoms with Crippen molar-refractivity contribution in [1.82, 2.24) is 14.8 Å². The van der Waals surface area contributed by atoms with Gasteiger partial charge in [0.05, 0.1) is 11.8 Å². The van der Waals surface area contributed by atoms with Gasteiger partial charge in [0.1, 0.15) is 0 Å². The van der Waals surface area contributed by atoms with E-state index in [1.54, 1.807) is 12.4 Å². The largest absolute Gasteiger partial charge is 0.322 e. The fourth-order valence-corrected chi connectivity index (χ4v) is 2.70. The fraction of sp³-hybridized carbons (Fsp3) is 0.350. The molecule has 130 valence electrons. The predicted molar refractivity (Wildman–Crippen MR) is 101 cm³/mol. The molecule has 3 rings (SSSR count). The number of amides is 1. The lowest BCUT2D eigenvalue weighted by molar-refractivity contribution is 0.102. The molecule has 1 aromatic carbocycles. The van der Waals surface area contributed by atoms with Gasteiger partial charge in [-0.15, -0.1) is 0 Å². The lowest BCUT2D eigenvalue weighted by atomic mass is 9.87. The molecule has 2 heterocycles. The van der Waals surface area contributed by atoms with Crippen LogP contribution in [0, 0.1) is 0 Å². The Kier molecular flexibility index (Phi) is 4.33. The third-order valence-electron chi connectivity index (χ3n) is 4.19. The van der Waals surface area contributed by atoms with Crippen LogP contribution in [0.4, 0.5) is 5.69 Å². The van der Waals surface area contributed by atoms with E-state index in [0.29, 0.717) is 5.56 Å². The minimum atomic E-state index is -0.171. The van der Waals surface area contributed by atoms with Crippen LogP contribution < -0.4 is 5.32 Å². The number of anilines is 1. The molecule has 0 aliphatic carbocycles. The molecule has 0 atom stereocenters. The lowest BCUT2D eigenvalue weighted by Gasteiger charge is -2.19. The van der Waals surface area contributed by atoms with E-state index < -0.39 is 0 Å². The summed E-state index contributed by atoms with van der Waals surface area (Å²) in [7, 11) is 0.